The van der Waals surface area contributed by atoms with Crippen molar-refractivity contribution in [3.05, 3.63) is 48.0 Å². The van der Waals surface area contributed by atoms with Gasteiger partial charge in [-0.15, -0.1) is 0 Å². The molecular weight excluding hydrogens is 386 g/mol. The van der Waals surface area contributed by atoms with Crippen molar-refractivity contribution >= 4 is 17.6 Å². The molecule has 0 radical (unpaired) electrons. The van der Waals surface area contributed by atoms with Gasteiger partial charge >= 0.3 is 0 Å². The van der Waals surface area contributed by atoms with Crippen LogP contribution in [0.4, 0.5) is 5.69 Å². The number of nitrogens with one attached hydrogen (secondary N) is 2. The fourth-order valence-electron chi connectivity index (χ4n) is 3.29. The first-order chi connectivity index (χ1) is 14.7. The van der Waals surface area contributed by atoms with Crippen LogP contribution in [0.25, 0.3) is 0 Å². The van der Waals surface area contributed by atoms with Gasteiger partial charge in [-0.2, -0.15) is 0 Å². The van der Waals surface area contributed by atoms with Crippen molar-refractivity contribution in [1.29, 1.82) is 0 Å². The van der Waals surface area contributed by atoms with Crippen LogP contribution in [0.5, 0.6) is 17.2 Å². The minimum atomic E-state index is -0.287. The van der Waals surface area contributed by atoms with Gasteiger partial charge < -0.3 is 24.3 Å². The highest BCUT2D eigenvalue weighted by Gasteiger charge is 2.17. The average Bonchev–Trinajstić information content (AvgIpc) is 3.31. The molecule has 8 heteroatoms. The molecule has 2 aliphatic rings. The Morgan fingerprint density at radius 2 is 2.00 bits per heavy atom. The first-order valence-electron chi connectivity index (χ1n) is 9.99. The molecule has 2 aliphatic heterocycles. The summed E-state index contributed by atoms with van der Waals surface area (Å²) < 4.78 is 22.1. The topological polar surface area (TPSA) is 90.4 Å². The minimum absolute atomic E-state index is 0.0655. The Labute approximate surface area is 175 Å². The Hall–Kier alpha value is -3.26. The van der Waals surface area contributed by atoms with E-state index in [1.165, 1.54) is 0 Å². The predicted octanol–water partition coefficient (Wildman–Crippen LogP) is 2.84. The van der Waals surface area contributed by atoms with Gasteiger partial charge in [-0.05, 0) is 43.2 Å². The molecule has 2 N–H and O–H groups in total. The maximum Gasteiger partial charge on any atom is 0.258 e. The summed E-state index contributed by atoms with van der Waals surface area (Å²) >= 11 is 0. The van der Waals surface area contributed by atoms with Crippen LogP contribution < -0.4 is 24.8 Å². The summed E-state index contributed by atoms with van der Waals surface area (Å²) in [5.74, 6) is 2.02. The van der Waals surface area contributed by atoms with E-state index in [4.69, 9.17) is 18.9 Å². The zero-order chi connectivity index (χ0) is 20.8. The fraction of sp³-hybridized carbons (Fsp3) is 0.364. The second kappa shape index (κ2) is 9.49. The van der Waals surface area contributed by atoms with Gasteiger partial charge in [-0.1, -0.05) is 6.07 Å². The third-order valence-corrected chi connectivity index (χ3v) is 4.85. The fourth-order valence-corrected chi connectivity index (χ4v) is 3.29. The van der Waals surface area contributed by atoms with Crippen LogP contribution >= 0.6 is 0 Å². The molecule has 158 valence electrons. The monoisotopic (exact) mass is 411 g/mol. The number of hydrogen-bond donors (Lipinski definition) is 2. The normalized spacial score (nSPS) is 18.0. The number of aliphatic imine (C=N–C) groups is 1. The molecule has 1 amide bonds. The summed E-state index contributed by atoms with van der Waals surface area (Å²) in [6.07, 6.45) is 2.06. The second-order valence-electron chi connectivity index (χ2n) is 6.99. The number of hydrogen-bond acceptors (Lipinski definition) is 6. The van der Waals surface area contributed by atoms with Crippen LogP contribution in [0.15, 0.2) is 47.5 Å². The van der Waals surface area contributed by atoms with Gasteiger partial charge in [0, 0.05) is 23.9 Å². The van der Waals surface area contributed by atoms with Gasteiger partial charge in [0.1, 0.15) is 19.0 Å². The lowest BCUT2D eigenvalue weighted by Gasteiger charge is -2.19. The molecule has 30 heavy (non-hydrogen) atoms. The maximum absolute atomic E-state index is 12.8. The molecule has 0 spiro atoms. The average molecular weight is 411 g/mol. The molecule has 2 aromatic rings. The van der Waals surface area contributed by atoms with E-state index in [9.17, 15) is 4.79 Å². The Balaban J connectivity index is 1.51. The first-order valence-corrected chi connectivity index (χ1v) is 9.99. The molecule has 1 atom stereocenters. The van der Waals surface area contributed by atoms with Crippen molar-refractivity contribution in [3.8, 4) is 17.2 Å². The summed E-state index contributed by atoms with van der Waals surface area (Å²) in [5.41, 5.74) is 1.21. The Morgan fingerprint density at radius 1 is 1.13 bits per heavy atom. The number of ether oxygens (including phenoxy) is 4. The minimum Gasteiger partial charge on any atom is -0.497 e. The number of rotatable bonds is 5. The molecule has 0 aliphatic carbocycles. The Bertz CT molecular complexity index is 925. The van der Waals surface area contributed by atoms with E-state index in [0.717, 1.165) is 25.1 Å². The van der Waals surface area contributed by atoms with Crippen molar-refractivity contribution in [1.82, 2.24) is 5.32 Å². The van der Waals surface area contributed by atoms with E-state index in [-0.39, 0.29) is 12.0 Å². The van der Waals surface area contributed by atoms with Crippen LogP contribution in [0.3, 0.4) is 0 Å². The molecule has 0 unspecified atom stereocenters. The summed E-state index contributed by atoms with van der Waals surface area (Å²) in [4.78, 5) is 17.3. The Morgan fingerprint density at radius 3 is 2.80 bits per heavy atom. The molecular formula is C22H25N3O5. The lowest BCUT2D eigenvalue weighted by atomic mass is 10.2. The highest BCUT2D eigenvalue weighted by molar-refractivity contribution is 6.10. The predicted molar refractivity (Wildman–Crippen MR) is 113 cm³/mol. The van der Waals surface area contributed by atoms with Crippen molar-refractivity contribution < 1.29 is 23.7 Å². The summed E-state index contributed by atoms with van der Waals surface area (Å²) in [6, 6.07) is 12.5. The zero-order valence-electron chi connectivity index (χ0n) is 16.8. The molecule has 4 rings (SSSR count). The number of anilines is 1. The van der Waals surface area contributed by atoms with Gasteiger partial charge in [-0.3, -0.25) is 10.1 Å². The van der Waals surface area contributed by atoms with E-state index >= 15 is 0 Å². The van der Waals surface area contributed by atoms with E-state index < -0.39 is 0 Å². The van der Waals surface area contributed by atoms with Crippen LogP contribution in [-0.2, 0) is 4.74 Å². The van der Waals surface area contributed by atoms with Crippen molar-refractivity contribution in [2.45, 2.75) is 18.9 Å². The largest absolute Gasteiger partial charge is 0.497 e. The lowest BCUT2D eigenvalue weighted by Crippen LogP contribution is -2.36. The molecule has 0 saturated carbocycles. The maximum atomic E-state index is 12.8. The summed E-state index contributed by atoms with van der Waals surface area (Å²) in [5, 5.41) is 6.03. The van der Waals surface area contributed by atoms with Crippen molar-refractivity contribution in [2.24, 2.45) is 4.99 Å². The van der Waals surface area contributed by atoms with Crippen LogP contribution in [0.1, 0.15) is 23.2 Å². The highest BCUT2D eigenvalue weighted by Crippen LogP contribution is 2.32. The van der Waals surface area contributed by atoms with E-state index in [1.54, 1.807) is 31.4 Å². The highest BCUT2D eigenvalue weighted by atomic mass is 16.6. The van der Waals surface area contributed by atoms with Gasteiger partial charge in [-0.25, -0.2) is 4.99 Å². The molecule has 8 nitrogen and oxygen atoms in total. The van der Waals surface area contributed by atoms with Gasteiger partial charge in [0.05, 0.1) is 19.8 Å². The smallest absolute Gasteiger partial charge is 0.258 e. The van der Waals surface area contributed by atoms with Gasteiger partial charge in [0.25, 0.3) is 5.91 Å². The molecule has 0 bridgehead atoms. The van der Waals surface area contributed by atoms with Crippen LogP contribution in [0.2, 0.25) is 0 Å². The molecule has 1 saturated heterocycles. The molecule has 1 fully saturated rings. The van der Waals surface area contributed by atoms with E-state index in [2.05, 4.69) is 15.6 Å². The number of carbonyl (C=O) groups is 1. The number of benzene rings is 2. The lowest BCUT2D eigenvalue weighted by molar-refractivity contribution is 0.0975. The molecule has 2 aromatic carbocycles. The van der Waals surface area contributed by atoms with Crippen LogP contribution in [0, 0.1) is 0 Å². The summed E-state index contributed by atoms with van der Waals surface area (Å²) in [6.45, 7) is 2.25. The first kappa shape index (κ1) is 20.0. The third kappa shape index (κ3) is 5.01. The number of nitrogens with zero attached hydrogens (tertiary/aromatic N) is 1. The zero-order valence-corrected chi connectivity index (χ0v) is 16.8. The van der Waals surface area contributed by atoms with Crippen molar-refractivity contribution in [3.63, 3.8) is 0 Å². The van der Waals surface area contributed by atoms with E-state index in [1.807, 2.05) is 18.2 Å². The van der Waals surface area contributed by atoms with Gasteiger partial charge in [0.2, 0.25) is 5.96 Å². The molecule has 0 aromatic heterocycles. The van der Waals surface area contributed by atoms with Crippen molar-refractivity contribution in [2.75, 3.05) is 38.8 Å². The molecule has 2 heterocycles. The number of guanidine groups is 1. The van der Waals surface area contributed by atoms with Crippen LogP contribution in [-0.4, -0.2) is 51.4 Å². The Kier molecular flexibility index (Phi) is 6.34. The number of methoxy groups -OCH3 is 1. The SMILES string of the molecule is COc1cccc(C(=O)NC(=NC[C@H]2CCCO2)Nc2ccc3c(c2)OCCO3)c1. The standard InChI is InChI=1S/C22H25N3O5/c1-27-17-5-2-4-15(12-17)21(26)25-22(23-14-18-6-3-9-28-18)24-16-7-8-19-20(13-16)30-11-10-29-19/h2,4-5,7-8,12-13,18H,3,6,9-11,14H2,1H3,(H2,23,24,25,26)/t18-/m1/s1. The number of fused-ring (bicyclic) bond motifs is 1. The quantitative estimate of drug-likeness (QED) is 0.581. The summed E-state index contributed by atoms with van der Waals surface area (Å²) in [7, 11) is 1.56. The second-order valence-corrected chi connectivity index (χ2v) is 6.99. The van der Waals surface area contributed by atoms with Gasteiger partial charge in [0.15, 0.2) is 11.5 Å². The third-order valence-electron chi connectivity index (χ3n) is 4.85. The van der Waals surface area contributed by atoms with E-state index in [0.29, 0.717) is 48.5 Å². The number of carbonyl (C=O) groups excluding carboxylic acids is 1. The number of amides is 1.